The van der Waals surface area contributed by atoms with Crippen molar-refractivity contribution in [2.24, 2.45) is 0 Å². The molecule has 0 spiro atoms. The van der Waals surface area contributed by atoms with Gasteiger partial charge in [0, 0.05) is 33.0 Å². The third-order valence-corrected chi connectivity index (χ3v) is 4.53. The van der Waals surface area contributed by atoms with Crippen LogP contribution in [0.4, 0.5) is 0 Å². The van der Waals surface area contributed by atoms with Crippen molar-refractivity contribution in [2.75, 3.05) is 20.3 Å². The first-order valence-electron chi connectivity index (χ1n) is 9.37. The summed E-state index contributed by atoms with van der Waals surface area (Å²) in [5.41, 5.74) is 3.16. The lowest BCUT2D eigenvalue weighted by atomic mass is 10.2. The fraction of sp³-hybridized carbons (Fsp3) is 0.400. The van der Waals surface area contributed by atoms with Crippen molar-refractivity contribution in [3.8, 4) is 5.69 Å². The Labute approximate surface area is 163 Å². The summed E-state index contributed by atoms with van der Waals surface area (Å²) in [6.07, 6.45) is 0.483. The molecule has 0 aliphatic heterocycles. The standard InChI is InChI=1S/C20H25N5O3/c1-4-24-19-18(14(2)23-25(19)15-8-6-5-7-9-15)22-16(20(24)27)10-11-17(26)21-12-13-28-3/h5-9H,4,10-13H2,1-3H3,(H,21,26). The zero-order valence-electron chi connectivity index (χ0n) is 16.4. The fourth-order valence-electron chi connectivity index (χ4n) is 3.13. The largest absolute Gasteiger partial charge is 0.383 e. The quantitative estimate of drug-likeness (QED) is 0.597. The Morgan fingerprint density at radius 1 is 1.25 bits per heavy atom. The molecule has 3 rings (SSSR count). The Morgan fingerprint density at radius 3 is 2.68 bits per heavy atom. The van der Waals surface area contributed by atoms with E-state index < -0.39 is 0 Å². The van der Waals surface area contributed by atoms with E-state index in [-0.39, 0.29) is 24.3 Å². The maximum atomic E-state index is 13.0. The molecular weight excluding hydrogens is 358 g/mol. The summed E-state index contributed by atoms with van der Waals surface area (Å²) >= 11 is 0. The molecule has 0 aliphatic rings. The molecule has 1 amide bonds. The van der Waals surface area contributed by atoms with Gasteiger partial charge in [-0.3, -0.25) is 14.2 Å². The summed E-state index contributed by atoms with van der Waals surface area (Å²) in [6, 6.07) is 9.67. The summed E-state index contributed by atoms with van der Waals surface area (Å²) in [5, 5.41) is 7.36. The van der Waals surface area contributed by atoms with E-state index in [0.29, 0.717) is 36.6 Å². The fourth-order valence-corrected chi connectivity index (χ4v) is 3.13. The van der Waals surface area contributed by atoms with Crippen molar-refractivity contribution in [1.82, 2.24) is 24.6 Å². The highest BCUT2D eigenvalue weighted by Crippen LogP contribution is 2.19. The lowest BCUT2D eigenvalue weighted by molar-refractivity contribution is -0.121. The van der Waals surface area contributed by atoms with Crippen LogP contribution >= 0.6 is 0 Å². The third-order valence-electron chi connectivity index (χ3n) is 4.53. The van der Waals surface area contributed by atoms with Gasteiger partial charge in [-0.25, -0.2) is 9.67 Å². The van der Waals surface area contributed by atoms with Gasteiger partial charge in [0.1, 0.15) is 11.2 Å². The smallest absolute Gasteiger partial charge is 0.273 e. The number of carbonyl (C=O) groups excluding carboxylic acids is 1. The third kappa shape index (κ3) is 3.96. The molecule has 0 fully saturated rings. The van der Waals surface area contributed by atoms with Gasteiger partial charge in [0.25, 0.3) is 5.56 Å². The van der Waals surface area contributed by atoms with Gasteiger partial charge in [-0.2, -0.15) is 5.10 Å². The van der Waals surface area contributed by atoms with Crippen LogP contribution in [0.1, 0.15) is 24.7 Å². The molecule has 2 aromatic heterocycles. The number of amides is 1. The minimum atomic E-state index is -0.184. The lowest BCUT2D eigenvalue weighted by Crippen LogP contribution is -2.30. The highest BCUT2D eigenvalue weighted by Gasteiger charge is 2.18. The average Bonchev–Trinajstić information content (AvgIpc) is 3.03. The maximum Gasteiger partial charge on any atom is 0.273 e. The van der Waals surface area contributed by atoms with Crippen LogP contribution in [-0.2, 0) is 22.5 Å². The van der Waals surface area contributed by atoms with E-state index in [1.165, 1.54) is 0 Å². The number of methoxy groups -OCH3 is 1. The van der Waals surface area contributed by atoms with Gasteiger partial charge in [0.15, 0.2) is 5.65 Å². The molecule has 148 valence electrons. The van der Waals surface area contributed by atoms with E-state index in [1.807, 2.05) is 44.2 Å². The Hall–Kier alpha value is -3.00. The number of para-hydroxylation sites is 1. The minimum Gasteiger partial charge on any atom is -0.383 e. The normalized spacial score (nSPS) is 11.1. The monoisotopic (exact) mass is 383 g/mol. The number of aromatic nitrogens is 4. The van der Waals surface area contributed by atoms with Crippen molar-refractivity contribution in [3.05, 3.63) is 52.1 Å². The van der Waals surface area contributed by atoms with E-state index in [9.17, 15) is 9.59 Å². The molecule has 8 nitrogen and oxygen atoms in total. The number of hydrogen-bond donors (Lipinski definition) is 1. The summed E-state index contributed by atoms with van der Waals surface area (Å²) in [7, 11) is 1.58. The zero-order chi connectivity index (χ0) is 20.1. The molecule has 8 heteroatoms. The zero-order valence-corrected chi connectivity index (χ0v) is 16.4. The van der Waals surface area contributed by atoms with E-state index in [0.717, 1.165) is 11.4 Å². The molecule has 1 N–H and O–H groups in total. The summed E-state index contributed by atoms with van der Waals surface area (Å²) in [6.45, 7) is 5.18. The molecule has 2 heterocycles. The van der Waals surface area contributed by atoms with Crippen molar-refractivity contribution in [2.45, 2.75) is 33.2 Å². The first-order valence-corrected chi connectivity index (χ1v) is 9.37. The van der Waals surface area contributed by atoms with Gasteiger partial charge in [-0.1, -0.05) is 18.2 Å². The number of carbonyl (C=O) groups is 1. The number of fused-ring (bicyclic) bond motifs is 1. The summed E-state index contributed by atoms with van der Waals surface area (Å²) < 4.78 is 8.34. The highest BCUT2D eigenvalue weighted by molar-refractivity contribution is 5.77. The predicted molar refractivity (Wildman–Crippen MR) is 107 cm³/mol. The Bertz CT molecular complexity index is 1020. The molecule has 28 heavy (non-hydrogen) atoms. The van der Waals surface area contributed by atoms with Crippen molar-refractivity contribution in [3.63, 3.8) is 0 Å². The molecule has 0 saturated heterocycles. The SMILES string of the molecule is CCn1c(=O)c(CCC(=O)NCCOC)nc2c(C)nn(-c3ccccc3)c21. The first kappa shape index (κ1) is 19.8. The lowest BCUT2D eigenvalue weighted by Gasteiger charge is -2.11. The van der Waals surface area contributed by atoms with Crippen LogP contribution in [-0.4, -0.2) is 45.5 Å². The molecule has 0 saturated carbocycles. The number of nitrogens with one attached hydrogen (secondary N) is 1. The van der Waals surface area contributed by atoms with Crippen LogP contribution in [0.2, 0.25) is 0 Å². The van der Waals surface area contributed by atoms with E-state index in [4.69, 9.17) is 4.74 Å². The highest BCUT2D eigenvalue weighted by atomic mass is 16.5. The number of nitrogens with zero attached hydrogens (tertiary/aromatic N) is 4. The van der Waals surface area contributed by atoms with Crippen LogP contribution in [0.3, 0.4) is 0 Å². The van der Waals surface area contributed by atoms with Gasteiger partial charge in [0.05, 0.1) is 18.0 Å². The molecule has 0 radical (unpaired) electrons. The van der Waals surface area contributed by atoms with Crippen LogP contribution < -0.4 is 10.9 Å². The molecule has 0 unspecified atom stereocenters. The molecule has 0 aliphatic carbocycles. The van der Waals surface area contributed by atoms with Gasteiger partial charge in [0.2, 0.25) is 5.91 Å². The van der Waals surface area contributed by atoms with Crippen LogP contribution in [0.25, 0.3) is 16.9 Å². The van der Waals surface area contributed by atoms with Crippen LogP contribution in [0.15, 0.2) is 35.1 Å². The number of ether oxygens (including phenoxy) is 1. The Kier molecular flexibility index (Phi) is 6.20. The van der Waals surface area contributed by atoms with E-state index >= 15 is 0 Å². The van der Waals surface area contributed by atoms with E-state index in [2.05, 4.69) is 15.4 Å². The maximum absolute atomic E-state index is 13.0. The molecule has 0 bridgehead atoms. The molecule has 0 atom stereocenters. The molecule has 3 aromatic rings. The van der Waals surface area contributed by atoms with Gasteiger partial charge >= 0.3 is 0 Å². The van der Waals surface area contributed by atoms with Crippen LogP contribution in [0, 0.1) is 6.92 Å². The van der Waals surface area contributed by atoms with Crippen molar-refractivity contribution >= 4 is 17.1 Å². The van der Waals surface area contributed by atoms with Gasteiger partial charge in [-0.05, 0) is 26.0 Å². The van der Waals surface area contributed by atoms with Gasteiger partial charge in [-0.15, -0.1) is 0 Å². The number of hydrogen-bond acceptors (Lipinski definition) is 5. The van der Waals surface area contributed by atoms with E-state index in [1.54, 1.807) is 16.4 Å². The Balaban J connectivity index is 1.97. The number of rotatable bonds is 8. The second kappa shape index (κ2) is 8.79. The summed E-state index contributed by atoms with van der Waals surface area (Å²) in [4.78, 5) is 29.5. The topological polar surface area (TPSA) is 91.0 Å². The summed E-state index contributed by atoms with van der Waals surface area (Å²) in [5.74, 6) is -0.127. The molecular formula is C20H25N5O3. The van der Waals surface area contributed by atoms with Crippen LogP contribution in [0.5, 0.6) is 0 Å². The minimum absolute atomic E-state index is 0.127. The number of aryl methyl sites for hydroxylation is 3. The van der Waals surface area contributed by atoms with Crippen molar-refractivity contribution < 1.29 is 9.53 Å². The number of benzene rings is 1. The Morgan fingerprint density at radius 2 is 2.00 bits per heavy atom. The van der Waals surface area contributed by atoms with Gasteiger partial charge < -0.3 is 10.1 Å². The average molecular weight is 383 g/mol. The molecule has 1 aromatic carbocycles. The predicted octanol–water partition coefficient (Wildman–Crippen LogP) is 1.61. The first-order chi connectivity index (χ1) is 13.6. The second-order valence-electron chi connectivity index (χ2n) is 6.46. The second-order valence-corrected chi connectivity index (χ2v) is 6.46. The van der Waals surface area contributed by atoms with Crippen molar-refractivity contribution in [1.29, 1.82) is 0 Å².